The average Bonchev–Trinajstić information content (AvgIpc) is 3.06. The number of rotatable bonds is 4. The monoisotopic (exact) mass is 358 g/mol. The first kappa shape index (κ1) is 16.3. The van der Waals surface area contributed by atoms with Gasteiger partial charge in [-0.15, -0.1) is 0 Å². The lowest BCUT2D eigenvalue weighted by Gasteiger charge is -2.09. The number of nitriles is 1. The zero-order valence-corrected chi connectivity index (χ0v) is 14.6. The van der Waals surface area contributed by atoms with Crippen LogP contribution in [0.4, 0.5) is 0 Å². The number of aromatic nitrogens is 1. The molecule has 0 N–H and O–H groups in total. The number of nitrogens with zero attached hydrogens (tertiary/aromatic N) is 2. The van der Waals surface area contributed by atoms with Gasteiger partial charge in [0.25, 0.3) is 0 Å². The molecule has 0 amide bonds. The van der Waals surface area contributed by atoms with E-state index < -0.39 is 0 Å². The van der Waals surface area contributed by atoms with Crippen LogP contribution in [0.5, 0.6) is 11.5 Å². The summed E-state index contributed by atoms with van der Waals surface area (Å²) >= 11 is 6.19. The summed E-state index contributed by atoms with van der Waals surface area (Å²) in [6.45, 7) is 0.825. The second kappa shape index (κ2) is 6.95. The van der Waals surface area contributed by atoms with Crippen molar-refractivity contribution in [1.29, 1.82) is 5.26 Å². The molecule has 1 aromatic heterocycles. The van der Waals surface area contributed by atoms with Crippen molar-refractivity contribution in [2.24, 2.45) is 0 Å². The molecule has 0 saturated heterocycles. The number of hydrogen-bond donors (Lipinski definition) is 0. The Labute approximate surface area is 156 Å². The molecule has 4 rings (SSSR count). The first-order chi connectivity index (χ1) is 12.7. The zero-order chi connectivity index (χ0) is 17.9. The molecule has 3 nitrogen and oxygen atoms in total. The van der Waals surface area contributed by atoms with Crippen LogP contribution in [0, 0.1) is 11.3 Å². The van der Waals surface area contributed by atoms with Crippen molar-refractivity contribution in [3.63, 3.8) is 0 Å². The molecule has 0 radical (unpaired) electrons. The fourth-order valence-corrected chi connectivity index (χ4v) is 3.16. The molecule has 3 aromatic carbocycles. The number of fused-ring (bicyclic) bond motifs is 1. The molecule has 0 aliphatic heterocycles. The Bertz CT molecular complexity index is 1110. The van der Waals surface area contributed by atoms with Crippen molar-refractivity contribution in [3.05, 3.63) is 95.1 Å². The largest absolute Gasteiger partial charge is 0.456 e. The smallest absolute Gasteiger partial charge is 0.146 e. The molecule has 0 fully saturated rings. The van der Waals surface area contributed by atoms with Crippen molar-refractivity contribution in [1.82, 2.24) is 4.57 Å². The minimum absolute atomic E-state index is 0.422. The molecule has 0 aliphatic rings. The normalized spacial score (nSPS) is 10.6. The third kappa shape index (κ3) is 3.28. The van der Waals surface area contributed by atoms with E-state index >= 15 is 0 Å². The maximum absolute atomic E-state index is 8.92. The van der Waals surface area contributed by atoms with Crippen LogP contribution in [0.3, 0.4) is 0 Å². The number of halogens is 1. The topological polar surface area (TPSA) is 37.9 Å². The molecule has 126 valence electrons. The standard InChI is InChI=1S/C22H15ClN2O/c23-20-12-17(14-24)6-9-22(20)26-19-7-8-21-18(13-19)10-11-25(21)15-16-4-2-1-3-5-16/h1-13H,15H2. The molecule has 0 unspecified atom stereocenters. The summed E-state index contributed by atoms with van der Waals surface area (Å²) in [5.74, 6) is 1.25. The molecule has 0 saturated carbocycles. The molecule has 0 spiro atoms. The van der Waals surface area contributed by atoms with E-state index in [9.17, 15) is 0 Å². The predicted molar refractivity (Wildman–Crippen MR) is 104 cm³/mol. The highest BCUT2D eigenvalue weighted by molar-refractivity contribution is 6.32. The van der Waals surface area contributed by atoms with Crippen LogP contribution in [0.15, 0.2) is 79.0 Å². The van der Waals surface area contributed by atoms with Crippen LogP contribution in [0.2, 0.25) is 5.02 Å². The number of hydrogen-bond acceptors (Lipinski definition) is 2. The van der Waals surface area contributed by atoms with Gasteiger partial charge in [0.15, 0.2) is 0 Å². The van der Waals surface area contributed by atoms with Crippen molar-refractivity contribution in [2.45, 2.75) is 6.54 Å². The molecule has 4 heteroatoms. The minimum atomic E-state index is 0.422. The van der Waals surface area contributed by atoms with E-state index in [0.717, 1.165) is 17.4 Å². The Hall–Kier alpha value is -3.22. The van der Waals surface area contributed by atoms with Crippen LogP contribution in [-0.2, 0) is 6.54 Å². The van der Waals surface area contributed by atoms with Gasteiger partial charge >= 0.3 is 0 Å². The zero-order valence-electron chi connectivity index (χ0n) is 13.9. The lowest BCUT2D eigenvalue weighted by atomic mass is 10.2. The van der Waals surface area contributed by atoms with Crippen LogP contribution in [-0.4, -0.2) is 4.57 Å². The Morgan fingerprint density at radius 3 is 2.58 bits per heavy atom. The van der Waals surface area contributed by atoms with E-state index in [1.165, 1.54) is 5.56 Å². The van der Waals surface area contributed by atoms with Gasteiger partial charge in [0.05, 0.1) is 16.7 Å². The predicted octanol–water partition coefficient (Wildman–Crippen LogP) is 6.01. The highest BCUT2D eigenvalue weighted by Crippen LogP contribution is 2.32. The number of ether oxygens (including phenoxy) is 1. The fourth-order valence-electron chi connectivity index (χ4n) is 2.94. The van der Waals surface area contributed by atoms with Crippen LogP contribution >= 0.6 is 11.6 Å². The van der Waals surface area contributed by atoms with Gasteiger partial charge in [-0.3, -0.25) is 0 Å². The van der Waals surface area contributed by atoms with Gasteiger partial charge in [-0.05, 0) is 48.0 Å². The molecule has 4 aromatic rings. The van der Waals surface area contributed by atoms with Gasteiger partial charge in [0.1, 0.15) is 11.5 Å². The van der Waals surface area contributed by atoms with Crippen LogP contribution in [0.1, 0.15) is 11.1 Å². The molecule has 0 aliphatic carbocycles. The fraction of sp³-hybridized carbons (Fsp3) is 0.0455. The lowest BCUT2D eigenvalue weighted by Crippen LogP contribution is -1.97. The Morgan fingerprint density at radius 1 is 0.962 bits per heavy atom. The molecule has 26 heavy (non-hydrogen) atoms. The van der Waals surface area contributed by atoms with E-state index in [1.807, 2.05) is 36.4 Å². The van der Waals surface area contributed by atoms with Crippen molar-refractivity contribution in [3.8, 4) is 17.6 Å². The van der Waals surface area contributed by atoms with Crippen LogP contribution < -0.4 is 4.74 Å². The van der Waals surface area contributed by atoms with E-state index in [-0.39, 0.29) is 0 Å². The third-order valence-corrected chi connectivity index (χ3v) is 4.52. The second-order valence-corrected chi connectivity index (χ2v) is 6.42. The Kier molecular flexibility index (Phi) is 4.35. The van der Waals surface area contributed by atoms with E-state index in [4.69, 9.17) is 21.6 Å². The summed E-state index contributed by atoms with van der Waals surface area (Å²) in [4.78, 5) is 0. The minimum Gasteiger partial charge on any atom is -0.456 e. The summed E-state index contributed by atoms with van der Waals surface area (Å²) in [5, 5.41) is 10.4. The number of benzene rings is 3. The highest BCUT2D eigenvalue weighted by Gasteiger charge is 2.07. The van der Waals surface area contributed by atoms with Gasteiger partial charge in [-0.25, -0.2) is 0 Å². The summed E-state index contributed by atoms with van der Waals surface area (Å²) in [7, 11) is 0. The lowest BCUT2D eigenvalue weighted by molar-refractivity contribution is 0.483. The average molecular weight is 359 g/mol. The summed E-state index contributed by atoms with van der Waals surface area (Å²) in [5.41, 5.74) is 2.91. The van der Waals surface area contributed by atoms with Crippen molar-refractivity contribution in [2.75, 3.05) is 0 Å². The van der Waals surface area contributed by atoms with Gasteiger partial charge in [0, 0.05) is 23.6 Å². The maximum atomic E-state index is 8.92. The van der Waals surface area contributed by atoms with E-state index in [2.05, 4.69) is 35.0 Å². The highest BCUT2D eigenvalue weighted by atomic mass is 35.5. The SMILES string of the molecule is N#Cc1ccc(Oc2ccc3c(ccn3Cc3ccccc3)c2)c(Cl)c1. The van der Waals surface area contributed by atoms with Gasteiger partial charge in [0.2, 0.25) is 0 Å². The second-order valence-electron chi connectivity index (χ2n) is 6.01. The van der Waals surface area contributed by atoms with Crippen molar-refractivity contribution < 1.29 is 4.74 Å². The quantitative estimate of drug-likeness (QED) is 0.448. The van der Waals surface area contributed by atoms with Gasteiger partial charge < -0.3 is 9.30 Å². The van der Waals surface area contributed by atoms with Crippen LogP contribution in [0.25, 0.3) is 10.9 Å². The summed E-state index contributed by atoms with van der Waals surface area (Å²) in [6, 6.07) is 25.5. The third-order valence-electron chi connectivity index (χ3n) is 4.23. The summed E-state index contributed by atoms with van der Waals surface area (Å²) < 4.78 is 8.11. The van der Waals surface area contributed by atoms with Gasteiger partial charge in [-0.1, -0.05) is 41.9 Å². The molecular formula is C22H15ClN2O. The summed E-state index contributed by atoms with van der Waals surface area (Å²) in [6.07, 6.45) is 2.08. The Balaban J connectivity index is 1.60. The van der Waals surface area contributed by atoms with E-state index in [1.54, 1.807) is 18.2 Å². The molecule has 0 bridgehead atoms. The molecular weight excluding hydrogens is 344 g/mol. The molecule has 1 heterocycles. The maximum Gasteiger partial charge on any atom is 0.146 e. The first-order valence-corrected chi connectivity index (χ1v) is 8.61. The van der Waals surface area contributed by atoms with Crippen molar-refractivity contribution >= 4 is 22.5 Å². The first-order valence-electron chi connectivity index (χ1n) is 8.23. The van der Waals surface area contributed by atoms with E-state index in [0.29, 0.717) is 22.1 Å². The Morgan fingerprint density at radius 2 is 1.81 bits per heavy atom. The molecule has 0 atom stereocenters. The van der Waals surface area contributed by atoms with Gasteiger partial charge in [-0.2, -0.15) is 5.26 Å².